The highest BCUT2D eigenvalue weighted by Gasteiger charge is 2.50. The van der Waals surface area contributed by atoms with Crippen LogP contribution in [0.3, 0.4) is 0 Å². The molecular weight excluding hydrogens is 434 g/mol. The van der Waals surface area contributed by atoms with Gasteiger partial charge < -0.3 is 9.47 Å². The average Bonchev–Trinajstić information content (AvgIpc) is 2.63. The molecule has 0 radical (unpaired) electrons. The van der Waals surface area contributed by atoms with Crippen LogP contribution in [0.1, 0.15) is 44.6 Å². The first-order chi connectivity index (χ1) is 14.8. The number of nitrogens with zero attached hydrogens (tertiary/aromatic N) is 3. The van der Waals surface area contributed by atoms with Gasteiger partial charge in [-0.15, -0.1) is 0 Å². The summed E-state index contributed by atoms with van der Waals surface area (Å²) in [6.07, 6.45) is 1.22. The van der Waals surface area contributed by atoms with Crippen LogP contribution in [0.4, 0.5) is 5.69 Å². The molecule has 2 heterocycles. The summed E-state index contributed by atoms with van der Waals surface area (Å²) in [5, 5.41) is 12.0. The Kier molecular flexibility index (Phi) is 6.10. The number of benzene rings is 1. The van der Waals surface area contributed by atoms with Crippen molar-refractivity contribution in [1.82, 2.24) is 9.97 Å². The first-order valence-electron chi connectivity index (χ1n) is 9.76. The Morgan fingerprint density at radius 3 is 2.12 bits per heavy atom. The summed E-state index contributed by atoms with van der Waals surface area (Å²) in [4.78, 5) is 45.1. The number of aromatic nitrogens is 2. The van der Waals surface area contributed by atoms with Gasteiger partial charge in [-0.2, -0.15) is 0 Å². The van der Waals surface area contributed by atoms with Gasteiger partial charge in [-0.25, -0.2) is 19.6 Å². The molecule has 1 aromatic heterocycles. The van der Waals surface area contributed by atoms with Crippen LogP contribution in [-0.4, -0.2) is 32.6 Å². The fraction of sp³-hybridized carbons (Fsp3) is 0.364. The lowest BCUT2D eigenvalue weighted by molar-refractivity contribution is -0.387. The highest BCUT2D eigenvalue weighted by Crippen LogP contribution is 2.39. The Labute approximate surface area is 189 Å². The van der Waals surface area contributed by atoms with E-state index in [2.05, 4.69) is 9.97 Å². The maximum atomic E-state index is 12.5. The monoisotopic (exact) mass is 457 g/mol. The molecule has 9 nitrogen and oxygen atoms in total. The molecule has 0 aliphatic carbocycles. The topological polar surface area (TPSA) is 122 Å². The highest BCUT2D eigenvalue weighted by atomic mass is 32.2. The number of hydrogen-bond acceptors (Lipinski definition) is 9. The predicted molar refractivity (Wildman–Crippen MR) is 117 cm³/mol. The fourth-order valence-corrected chi connectivity index (χ4v) is 3.80. The first kappa shape index (κ1) is 23.4. The molecule has 168 valence electrons. The third-order valence-electron chi connectivity index (χ3n) is 5.03. The molecule has 0 bridgehead atoms. The van der Waals surface area contributed by atoms with Crippen molar-refractivity contribution in [3.8, 4) is 0 Å². The second-order valence-electron chi connectivity index (χ2n) is 8.55. The molecule has 0 amide bonds. The Morgan fingerprint density at radius 1 is 1.06 bits per heavy atom. The van der Waals surface area contributed by atoms with Crippen LogP contribution in [0.25, 0.3) is 6.08 Å². The Balaban J connectivity index is 1.94. The number of hydrogen-bond donors (Lipinski definition) is 0. The molecule has 1 aromatic carbocycles. The second-order valence-corrected chi connectivity index (χ2v) is 9.56. The number of esters is 2. The van der Waals surface area contributed by atoms with Crippen LogP contribution in [0.2, 0.25) is 0 Å². The average molecular weight is 458 g/mol. The zero-order valence-corrected chi connectivity index (χ0v) is 19.4. The molecule has 3 rings (SSSR count). The number of nitro benzene ring substituents is 1. The van der Waals surface area contributed by atoms with Gasteiger partial charge in [0.2, 0.25) is 0 Å². The summed E-state index contributed by atoms with van der Waals surface area (Å²) in [5.41, 5.74) is 0.604. The molecule has 0 spiro atoms. The van der Waals surface area contributed by atoms with E-state index in [9.17, 15) is 19.7 Å². The maximum absolute atomic E-state index is 12.5. The van der Waals surface area contributed by atoms with Gasteiger partial charge in [0.05, 0.1) is 9.82 Å². The Hall–Kier alpha value is -3.27. The maximum Gasteiger partial charge on any atom is 0.348 e. The summed E-state index contributed by atoms with van der Waals surface area (Å²) in [6.45, 7) is 10.5. The molecule has 2 aromatic rings. The summed E-state index contributed by atoms with van der Waals surface area (Å²) in [7, 11) is 0. The quantitative estimate of drug-likeness (QED) is 0.164. The smallest absolute Gasteiger partial charge is 0.348 e. The van der Waals surface area contributed by atoms with Crippen LogP contribution in [-0.2, 0) is 19.1 Å². The molecule has 32 heavy (non-hydrogen) atoms. The van der Waals surface area contributed by atoms with E-state index >= 15 is 0 Å². The molecule has 1 aliphatic rings. The van der Waals surface area contributed by atoms with Crippen LogP contribution in [0, 0.1) is 29.4 Å². The lowest BCUT2D eigenvalue weighted by atomic mass is 9.85. The van der Waals surface area contributed by atoms with Gasteiger partial charge >= 0.3 is 11.9 Å². The minimum Gasteiger partial charge on any atom is -0.418 e. The van der Waals surface area contributed by atoms with E-state index in [1.165, 1.54) is 25.1 Å². The van der Waals surface area contributed by atoms with Gasteiger partial charge in [0, 0.05) is 29.8 Å². The lowest BCUT2D eigenvalue weighted by Crippen LogP contribution is -2.52. The van der Waals surface area contributed by atoms with Gasteiger partial charge in [-0.3, -0.25) is 10.1 Å². The summed E-state index contributed by atoms with van der Waals surface area (Å²) in [5.74, 6) is -3.11. The SMILES string of the molecule is Cc1cc(C)nc(Sc2ccc(C=C3C(=O)OC(C)(C(C)(C)C)OC3=O)cc2[N+](=O)[O-])n1. The van der Waals surface area contributed by atoms with Crippen molar-refractivity contribution < 1.29 is 24.0 Å². The number of rotatable bonds is 4. The normalized spacial score (nSPS) is 18.8. The van der Waals surface area contributed by atoms with E-state index in [1.807, 2.05) is 13.8 Å². The molecule has 0 unspecified atom stereocenters. The molecule has 10 heteroatoms. The van der Waals surface area contributed by atoms with E-state index in [1.54, 1.807) is 32.9 Å². The molecule has 1 fully saturated rings. The second kappa shape index (κ2) is 8.34. The van der Waals surface area contributed by atoms with Crippen molar-refractivity contribution >= 4 is 35.5 Å². The third kappa shape index (κ3) is 4.80. The lowest BCUT2D eigenvalue weighted by Gasteiger charge is -2.42. The third-order valence-corrected chi connectivity index (χ3v) is 5.96. The van der Waals surface area contributed by atoms with Crippen LogP contribution < -0.4 is 0 Å². The highest BCUT2D eigenvalue weighted by molar-refractivity contribution is 7.99. The van der Waals surface area contributed by atoms with Crippen molar-refractivity contribution in [3.05, 3.63) is 56.9 Å². The minimum absolute atomic E-state index is 0.204. The van der Waals surface area contributed by atoms with E-state index in [0.717, 1.165) is 23.1 Å². The standard InChI is InChI=1S/C22H23N3O6S/c1-12-9-13(2)24-20(23-12)32-17-8-7-14(11-16(17)25(28)29)10-15-18(26)30-22(6,21(3,4)5)31-19(15)27/h7-11H,1-6H3. The van der Waals surface area contributed by atoms with Crippen LogP contribution >= 0.6 is 11.8 Å². The number of nitro groups is 1. The van der Waals surface area contributed by atoms with E-state index < -0.39 is 28.1 Å². The van der Waals surface area contributed by atoms with Crippen molar-refractivity contribution in [2.75, 3.05) is 0 Å². The van der Waals surface area contributed by atoms with E-state index in [0.29, 0.717) is 10.1 Å². The number of aryl methyl sites for hydroxylation is 2. The number of carbonyl (C=O) groups is 2. The largest absolute Gasteiger partial charge is 0.418 e. The summed E-state index contributed by atoms with van der Waals surface area (Å²) < 4.78 is 10.8. The molecule has 1 aliphatic heterocycles. The van der Waals surface area contributed by atoms with Gasteiger partial charge in [0.25, 0.3) is 11.5 Å². The van der Waals surface area contributed by atoms with Gasteiger partial charge in [-0.1, -0.05) is 26.8 Å². The van der Waals surface area contributed by atoms with Crippen LogP contribution in [0.15, 0.2) is 39.9 Å². The zero-order chi connectivity index (χ0) is 23.8. The molecule has 0 saturated carbocycles. The van der Waals surface area contributed by atoms with Crippen molar-refractivity contribution in [1.29, 1.82) is 0 Å². The summed E-state index contributed by atoms with van der Waals surface area (Å²) in [6, 6.07) is 6.16. The van der Waals surface area contributed by atoms with Crippen molar-refractivity contribution in [2.45, 2.75) is 57.4 Å². The Morgan fingerprint density at radius 2 is 1.62 bits per heavy atom. The molecule has 0 atom stereocenters. The van der Waals surface area contributed by atoms with Crippen molar-refractivity contribution in [2.24, 2.45) is 5.41 Å². The first-order valence-corrected chi connectivity index (χ1v) is 10.6. The zero-order valence-electron chi connectivity index (χ0n) is 18.6. The number of ether oxygens (including phenoxy) is 2. The van der Waals surface area contributed by atoms with Gasteiger partial charge in [0.1, 0.15) is 5.57 Å². The Bertz CT molecular complexity index is 1110. The van der Waals surface area contributed by atoms with Crippen molar-refractivity contribution in [3.63, 3.8) is 0 Å². The minimum atomic E-state index is -1.42. The van der Waals surface area contributed by atoms with Crippen LogP contribution in [0.5, 0.6) is 0 Å². The molecule has 0 N–H and O–H groups in total. The van der Waals surface area contributed by atoms with E-state index in [4.69, 9.17) is 9.47 Å². The van der Waals surface area contributed by atoms with Gasteiger partial charge in [0.15, 0.2) is 5.16 Å². The fourth-order valence-electron chi connectivity index (χ4n) is 2.85. The predicted octanol–water partition coefficient (Wildman–Crippen LogP) is 4.40. The number of carbonyl (C=O) groups excluding carboxylic acids is 2. The summed E-state index contributed by atoms with van der Waals surface area (Å²) >= 11 is 1.06. The van der Waals surface area contributed by atoms with Gasteiger partial charge in [-0.05, 0) is 49.4 Å². The molecular formula is C22H23N3O6S. The molecule has 1 saturated heterocycles. The van der Waals surface area contributed by atoms with E-state index in [-0.39, 0.29) is 16.8 Å². The number of cyclic esters (lactones) is 2.